The lowest BCUT2D eigenvalue weighted by molar-refractivity contribution is 0.0496. The summed E-state index contributed by atoms with van der Waals surface area (Å²) in [6, 6.07) is 6.72. The number of carbonyl (C=O) groups is 1. The molecule has 10 heteroatoms. The molecule has 0 aliphatic carbocycles. The highest BCUT2D eigenvalue weighted by Crippen LogP contribution is 2.27. The number of anilines is 2. The zero-order chi connectivity index (χ0) is 20.5. The molecular formula is C18H24N4O4S2. The van der Waals surface area contributed by atoms with E-state index in [1.54, 1.807) is 35.8 Å². The van der Waals surface area contributed by atoms with Crippen LogP contribution >= 0.6 is 11.3 Å². The van der Waals surface area contributed by atoms with Crippen molar-refractivity contribution in [2.24, 2.45) is 0 Å². The Morgan fingerprint density at radius 3 is 2.46 bits per heavy atom. The van der Waals surface area contributed by atoms with E-state index in [9.17, 15) is 13.2 Å². The van der Waals surface area contributed by atoms with Crippen molar-refractivity contribution in [1.82, 2.24) is 10.3 Å². The van der Waals surface area contributed by atoms with E-state index < -0.39 is 21.7 Å². The standard InChI is InChI=1S/C18H24N4O4S2/c1-18(2,3)26-17(23)20-13-11-22(12-13)14-5-7-15(8-6-14)28(24,25)21(4)16-19-9-10-27-16/h5-10,13H,11-12H2,1-4H3,(H,20,23). The second-order valence-electron chi connectivity index (χ2n) is 7.53. The number of aromatic nitrogens is 1. The molecular weight excluding hydrogens is 400 g/mol. The molecule has 0 atom stereocenters. The van der Waals surface area contributed by atoms with Crippen molar-refractivity contribution in [3.8, 4) is 0 Å². The van der Waals surface area contributed by atoms with Gasteiger partial charge in [-0.05, 0) is 45.0 Å². The maximum Gasteiger partial charge on any atom is 0.407 e. The van der Waals surface area contributed by atoms with E-state index in [0.717, 1.165) is 5.69 Å². The van der Waals surface area contributed by atoms with E-state index in [1.807, 2.05) is 20.8 Å². The summed E-state index contributed by atoms with van der Waals surface area (Å²) in [6.07, 6.45) is 1.14. The highest BCUT2D eigenvalue weighted by Gasteiger charge is 2.30. The zero-order valence-corrected chi connectivity index (χ0v) is 17.9. The molecule has 0 spiro atoms. The second kappa shape index (κ2) is 7.59. The third kappa shape index (κ3) is 4.56. The molecule has 1 aromatic heterocycles. The van der Waals surface area contributed by atoms with Gasteiger partial charge in [-0.1, -0.05) is 0 Å². The van der Waals surface area contributed by atoms with Crippen LogP contribution in [-0.4, -0.2) is 51.3 Å². The smallest absolute Gasteiger partial charge is 0.407 e. The van der Waals surface area contributed by atoms with E-state index in [0.29, 0.717) is 18.2 Å². The monoisotopic (exact) mass is 424 g/mol. The first-order valence-electron chi connectivity index (χ1n) is 8.79. The second-order valence-corrected chi connectivity index (χ2v) is 10.4. The minimum absolute atomic E-state index is 0.00861. The van der Waals surface area contributed by atoms with Gasteiger partial charge in [0, 0.05) is 37.4 Å². The van der Waals surface area contributed by atoms with Gasteiger partial charge < -0.3 is 15.0 Å². The molecule has 1 N–H and O–H groups in total. The Labute approximate surface area is 169 Å². The van der Waals surface area contributed by atoms with Crippen molar-refractivity contribution in [1.29, 1.82) is 0 Å². The maximum atomic E-state index is 12.7. The van der Waals surface area contributed by atoms with Gasteiger partial charge in [0.15, 0.2) is 5.13 Å². The first-order chi connectivity index (χ1) is 13.1. The largest absolute Gasteiger partial charge is 0.444 e. The molecule has 2 heterocycles. The number of thiazole rings is 1. The maximum absolute atomic E-state index is 12.7. The molecule has 1 saturated heterocycles. The number of hydrogen-bond donors (Lipinski definition) is 1. The zero-order valence-electron chi connectivity index (χ0n) is 16.2. The van der Waals surface area contributed by atoms with Gasteiger partial charge in [0.2, 0.25) is 0 Å². The van der Waals surface area contributed by atoms with E-state index in [2.05, 4.69) is 15.2 Å². The number of hydrogen-bond acceptors (Lipinski definition) is 7. The number of nitrogens with zero attached hydrogens (tertiary/aromatic N) is 3. The van der Waals surface area contributed by atoms with E-state index in [1.165, 1.54) is 22.7 Å². The number of benzene rings is 1. The van der Waals surface area contributed by atoms with Gasteiger partial charge in [0.1, 0.15) is 5.60 Å². The molecule has 8 nitrogen and oxygen atoms in total. The van der Waals surface area contributed by atoms with E-state index in [4.69, 9.17) is 4.74 Å². The summed E-state index contributed by atoms with van der Waals surface area (Å²) in [5.41, 5.74) is 0.374. The Morgan fingerprint density at radius 1 is 1.29 bits per heavy atom. The molecule has 0 radical (unpaired) electrons. The van der Waals surface area contributed by atoms with Crippen LogP contribution in [0.4, 0.5) is 15.6 Å². The first-order valence-corrected chi connectivity index (χ1v) is 11.1. The van der Waals surface area contributed by atoms with Crippen LogP contribution in [0.15, 0.2) is 40.7 Å². The number of carbonyl (C=O) groups excluding carboxylic acids is 1. The third-order valence-corrected chi connectivity index (χ3v) is 6.88. The van der Waals surface area contributed by atoms with E-state index in [-0.39, 0.29) is 10.9 Å². The molecule has 152 valence electrons. The molecule has 2 aromatic rings. The van der Waals surface area contributed by atoms with Crippen LogP contribution in [-0.2, 0) is 14.8 Å². The fraction of sp³-hybridized carbons (Fsp3) is 0.444. The number of amides is 1. The fourth-order valence-corrected chi connectivity index (χ4v) is 4.70. The number of nitrogens with one attached hydrogen (secondary N) is 1. The number of alkyl carbamates (subject to hydrolysis) is 1. The van der Waals surface area contributed by atoms with Crippen LogP contribution in [0, 0.1) is 0 Å². The van der Waals surface area contributed by atoms with Crippen LogP contribution in [0.1, 0.15) is 20.8 Å². The average molecular weight is 425 g/mol. The highest BCUT2D eigenvalue weighted by molar-refractivity contribution is 7.93. The number of rotatable bonds is 5. The Kier molecular flexibility index (Phi) is 5.53. The minimum atomic E-state index is -3.65. The quantitative estimate of drug-likeness (QED) is 0.793. The Bertz CT molecular complexity index is 915. The minimum Gasteiger partial charge on any atom is -0.444 e. The van der Waals surface area contributed by atoms with Crippen molar-refractivity contribution in [3.05, 3.63) is 35.8 Å². The van der Waals surface area contributed by atoms with Crippen LogP contribution in [0.25, 0.3) is 0 Å². The predicted octanol–water partition coefficient (Wildman–Crippen LogP) is 2.68. The topological polar surface area (TPSA) is 91.8 Å². The molecule has 1 amide bonds. The molecule has 1 aliphatic heterocycles. The summed E-state index contributed by atoms with van der Waals surface area (Å²) < 4.78 is 31.8. The summed E-state index contributed by atoms with van der Waals surface area (Å²) in [6.45, 7) is 6.75. The van der Waals surface area contributed by atoms with Crippen molar-refractivity contribution in [3.63, 3.8) is 0 Å². The van der Waals surface area contributed by atoms with Gasteiger partial charge in [-0.15, -0.1) is 11.3 Å². The Morgan fingerprint density at radius 2 is 1.93 bits per heavy atom. The lowest BCUT2D eigenvalue weighted by Crippen LogP contribution is -2.60. The fourth-order valence-electron chi connectivity index (χ4n) is 2.72. The van der Waals surface area contributed by atoms with Crippen molar-refractivity contribution >= 4 is 38.3 Å². The SMILES string of the molecule is CN(c1nccs1)S(=O)(=O)c1ccc(N2CC(NC(=O)OC(C)(C)C)C2)cc1. The Hall–Kier alpha value is -2.33. The van der Waals surface area contributed by atoms with E-state index >= 15 is 0 Å². The molecule has 0 saturated carbocycles. The summed E-state index contributed by atoms with van der Waals surface area (Å²) in [5, 5.41) is 4.98. The summed E-state index contributed by atoms with van der Waals surface area (Å²) in [4.78, 5) is 18.1. The Balaban J connectivity index is 1.58. The highest BCUT2D eigenvalue weighted by atomic mass is 32.2. The van der Waals surface area contributed by atoms with Gasteiger partial charge in [-0.2, -0.15) is 0 Å². The first kappa shape index (κ1) is 20.4. The third-order valence-electron chi connectivity index (χ3n) is 4.15. The average Bonchev–Trinajstić information content (AvgIpc) is 3.10. The lowest BCUT2D eigenvalue weighted by Gasteiger charge is -2.41. The van der Waals surface area contributed by atoms with Gasteiger partial charge in [0.25, 0.3) is 10.0 Å². The van der Waals surface area contributed by atoms with Gasteiger partial charge >= 0.3 is 6.09 Å². The summed E-state index contributed by atoms with van der Waals surface area (Å²) in [7, 11) is -2.16. The van der Waals surface area contributed by atoms with Crippen LogP contribution in [0.2, 0.25) is 0 Å². The number of sulfonamides is 1. The predicted molar refractivity (Wildman–Crippen MR) is 110 cm³/mol. The molecule has 1 fully saturated rings. The normalized spacial score (nSPS) is 15.1. The molecule has 3 rings (SSSR count). The van der Waals surface area contributed by atoms with Crippen LogP contribution < -0.4 is 14.5 Å². The summed E-state index contributed by atoms with van der Waals surface area (Å²) in [5.74, 6) is 0. The number of ether oxygens (including phenoxy) is 1. The molecule has 0 unspecified atom stereocenters. The molecule has 28 heavy (non-hydrogen) atoms. The van der Waals surface area contributed by atoms with Crippen LogP contribution in [0.5, 0.6) is 0 Å². The van der Waals surface area contributed by atoms with Gasteiger partial charge in [-0.25, -0.2) is 22.5 Å². The van der Waals surface area contributed by atoms with Crippen LogP contribution in [0.3, 0.4) is 0 Å². The van der Waals surface area contributed by atoms with Crippen molar-refractivity contribution in [2.45, 2.75) is 37.3 Å². The van der Waals surface area contributed by atoms with Gasteiger partial charge in [0.05, 0.1) is 10.9 Å². The van der Waals surface area contributed by atoms with Crippen molar-refractivity contribution < 1.29 is 17.9 Å². The summed E-state index contributed by atoms with van der Waals surface area (Å²) >= 11 is 1.26. The van der Waals surface area contributed by atoms with Gasteiger partial charge in [-0.3, -0.25) is 0 Å². The lowest BCUT2D eigenvalue weighted by atomic mass is 10.1. The molecule has 0 bridgehead atoms. The molecule has 1 aliphatic rings. The molecule has 1 aromatic carbocycles. The van der Waals surface area contributed by atoms with Crippen molar-refractivity contribution in [2.75, 3.05) is 29.3 Å².